The molecule has 4 nitrogen and oxygen atoms in total. The molecule has 0 aromatic heterocycles. The van der Waals surface area contributed by atoms with E-state index in [0.29, 0.717) is 11.8 Å². The van der Waals surface area contributed by atoms with Crippen molar-refractivity contribution < 1.29 is 14.6 Å². The molecular weight excluding hydrogens is 350 g/mol. The number of ether oxygens (including phenoxy) is 2. The van der Waals surface area contributed by atoms with Crippen LogP contribution in [0.25, 0.3) is 0 Å². The molecule has 7 aliphatic rings. The molecule has 6 atom stereocenters. The maximum Gasteiger partial charge on any atom is 0.165 e. The van der Waals surface area contributed by atoms with Gasteiger partial charge in [-0.15, -0.1) is 0 Å². The van der Waals surface area contributed by atoms with Crippen LogP contribution in [0.5, 0.6) is 11.5 Å². The van der Waals surface area contributed by atoms with E-state index in [-0.39, 0.29) is 28.5 Å². The maximum atomic E-state index is 10.7. The van der Waals surface area contributed by atoms with Gasteiger partial charge < -0.3 is 14.6 Å². The van der Waals surface area contributed by atoms with Crippen LogP contribution in [0.4, 0.5) is 0 Å². The lowest BCUT2D eigenvalue weighted by Gasteiger charge is -2.73. The van der Waals surface area contributed by atoms with E-state index in [1.807, 2.05) is 13.2 Å². The van der Waals surface area contributed by atoms with E-state index in [1.165, 1.54) is 36.9 Å². The number of rotatable bonds is 3. The van der Waals surface area contributed by atoms with Gasteiger partial charge in [0, 0.05) is 36.1 Å². The summed E-state index contributed by atoms with van der Waals surface area (Å²) in [5, 5.41) is 10.7. The Kier molecular flexibility index (Phi) is 2.89. The first kappa shape index (κ1) is 16.5. The predicted molar refractivity (Wildman–Crippen MR) is 105 cm³/mol. The zero-order valence-corrected chi connectivity index (χ0v) is 16.7. The fourth-order valence-corrected chi connectivity index (χ4v) is 8.54. The van der Waals surface area contributed by atoms with Crippen molar-refractivity contribution in [2.75, 3.05) is 20.2 Å². The third-order valence-electron chi connectivity index (χ3n) is 9.80. The number of benzene rings is 1. The Morgan fingerprint density at radius 1 is 1.29 bits per heavy atom. The van der Waals surface area contributed by atoms with E-state index in [2.05, 4.69) is 17.9 Å². The molecule has 0 amide bonds. The first-order chi connectivity index (χ1) is 13.6. The summed E-state index contributed by atoms with van der Waals surface area (Å²) in [6.45, 7) is 7.04. The Bertz CT molecular complexity index is 881. The first-order valence-corrected chi connectivity index (χ1v) is 11.2. The van der Waals surface area contributed by atoms with Crippen molar-refractivity contribution in [3.63, 3.8) is 0 Å². The van der Waals surface area contributed by atoms with Gasteiger partial charge in [-0.25, -0.2) is 0 Å². The second-order valence-electron chi connectivity index (χ2n) is 10.5. The van der Waals surface area contributed by atoms with Crippen LogP contribution in [0.3, 0.4) is 0 Å². The van der Waals surface area contributed by atoms with E-state index in [9.17, 15) is 5.11 Å². The Morgan fingerprint density at radius 3 is 2.89 bits per heavy atom. The Morgan fingerprint density at radius 2 is 2.14 bits per heavy atom. The number of aromatic hydroxyl groups is 1. The van der Waals surface area contributed by atoms with Crippen molar-refractivity contribution in [2.45, 2.75) is 68.1 Å². The first-order valence-electron chi connectivity index (χ1n) is 11.2. The average Bonchev–Trinajstić information content (AvgIpc) is 3.43. The van der Waals surface area contributed by atoms with Crippen molar-refractivity contribution in [1.82, 2.24) is 4.90 Å². The standard InChI is InChI=1S/C24H30NO3/c1-14-12-22-7-8-24(14,27-2)21-23(22)9-10-25(13-15-3-4-15)18(22)11-16-5-6-17(26)20(28-21)19(16)23/h5-6,14-15,18,21,26H,1,3-4,7-13H2,2H3/t14-,18-,21-,22-,23+,24-/m1/s1. The number of fused-ring (bicyclic) bond motifs is 2. The number of nitrogens with zero attached hydrogens (tertiary/aromatic N) is 1. The van der Waals surface area contributed by atoms with Crippen LogP contribution in [-0.4, -0.2) is 48.0 Å². The van der Waals surface area contributed by atoms with E-state index < -0.39 is 0 Å². The van der Waals surface area contributed by atoms with Gasteiger partial charge in [0.05, 0.1) is 0 Å². The molecule has 2 heterocycles. The molecule has 2 aliphatic heterocycles. The monoisotopic (exact) mass is 380 g/mol. The number of piperidine rings is 1. The molecule has 5 fully saturated rings. The fourth-order valence-electron chi connectivity index (χ4n) is 8.54. The zero-order chi connectivity index (χ0) is 18.9. The van der Waals surface area contributed by atoms with E-state index >= 15 is 0 Å². The van der Waals surface area contributed by atoms with Gasteiger partial charge in [0.1, 0.15) is 11.7 Å². The number of phenolic OH excluding ortho intramolecular Hbond substituents is 1. The molecular formula is C24H30NO3. The molecule has 5 aliphatic carbocycles. The van der Waals surface area contributed by atoms with Crippen molar-refractivity contribution >= 4 is 0 Å². The van der Waals surface area contributed by atoms with Gasteiger partial charge in [-0.05, 0) is 81.9 Å². The predicted octanol–water partition coefficient (Wildman–Crippen LogP) is 3.45. The van der Waals surface area contributed by atoms with Gasteiger partial charge in [-0.1, -0.05) is 6.07 Å². The third kappa shape index (κ3) is 1.55. The lowest BCUT2D eigenvalue weighted by molar-refractivity contribution is -0.269. The molecule has 1 N–H and O–H groups in total. The van der Waals surface area contributed by atoms with Gasteiger partial charge in [0.2, 0.25) is 0 Å². The molecule has 8 rings (SSSR count). The smallest absolute Gasteiger partial charge is 0.165 e. The molecule has 4 bridgehead atoms. The second kappa shape index (κ2) is 4.89. The van der Waals surface area contributed by atoms with Crippen LogP contribution in [-0.2, 0) is 16.6 Å². The number of hydrogen-bond acceptors (Lipinski definition) is 4. The molecule has 2 spiro atoms. The van der Waals surface area contributed by atoms with Crippen molar-refractivity contribution in [1.29, 1.82) is 0 Å². The van der Waals surface area contributed by atoms with Gasteiger partial charge in [0.25, 0.3) is 0 Å². The minimum Gasteiger partial charge on any atom is -0.504 e. The zero-order valence-electron chi connectivity index (χ0n) is 16.7. The number of likely N-dealkylation sites (tertiary alicyclic amines) is 1. The second-order valence-corrected chi connectivity index (χ2v) is 10.5. The number of methoxy groups -OCH3 is 1. The highest BCUT2D eigenvalue weighted by Gasteiger charge is 2.80. The quantitative estimate of drug-likeness (QED) is 0.872. The Hall–Kier alpha value is -1.26. The molecule has 1 saturated heterocycles. The van der Waals surface area contributed by atoms with Gasteiger partial charge >= 0.3 is 0 Å². The van der Waals surface area contributed by atoms with Crippen LogP contribution >= 0.6 is 0 Å². The van der Waals surface area contributed by atoms with Crippen molar-refractivity contribution in [2.24, 2.45) is 17.3 Å². The summed E-state index contributed by atoms with van der Waals surface area (Å²) in [6, 6.07) is 4.60. The topological polar surface area (TPSA) is 41.9 Å². The number of hydrogen-bond donors (Lipinski definition) is 1. The largest absolute Gasteiger partial charge is 0.504 e. The van der Waals surface area contributed by atoms with Crippen molar-refractivity contribution in [3.8, 4) is 11.5 Å². The molecule has 4 saturated carbocycles. The summed E-state index contributed by atoms with van der Waals surface area (Å²) in [7, 11) is 1.85. The molecule has 1 aromatic rings. The van der Waals surface area contributed by atoms with Gasteiger partial charge in [0.15, 0.2) is 11.5 Å². The van der Waals surface area contributed by atoms with E-state index in [1.54, 1.807) is 0 Å². The van der Waals surface area contributed by atoms with Gasteiger partial charge in [-0.2, -0.15) is 0 Å². The van der Waals surface area contributed by atoms with E-state index in [4.69, 9.17) is 9.47 Å². The highest BCUT2D eigenvalue weighted by molar-refractivity contribution is 5.63. The van der Waals surface area contributed by atoms with Crippen LogP contribution in [0, 0.1) is 24.2 Å². The maximum absolute atomic E-state index is 10.7. The highest BCUT2D eigenvalue weighted by atomic mass is 16.6. The molecule has 1 radical (unpaired) electrons. The third-order valence-corrected chi connectivity index (χ3v) is 9.80. The summed E-state index contributed by atoms with van der Waals surface area (Å²) in [6.07, 6.45) is 8.39. The lowest BCUT2D eigenvalue weighted by Crippen LogP contribution is -2.80. The summed E-state index contributed by atoms with van der Waals surface area (Å²) >= 11 is 0. The molecule has 1 aromatic carbocycles. The molecule has 149 valence electrons. The van der Waals surface area contributed by atoms with Crippen molar-refractivity contribution in [3.05, 3.63) is 30.2 Å². The van der Waals surface area contributed by atoms with Crippen LogP contribution < -0.4 is 4.74 Å². The normalized spacial score (nSPS) is 47.7. The summed E-state index contributed by atoms with van der Waals surface area (Å²) in [5.74, 6) is 2.23. The summed E-state index contributed by atoms with van der Waals surface area (Å²) < 4.78 is 13.0. The molecule has 28 heavy (non-hydrogen) atoms. The average molecular weight is 381 g/mol. The lowest BCUT2D eigenvalue weighted by atomic mass is 9.35. The minimum atomic E-state index is -0.328. The van der Waals surface area contributed by atoms with Crippen LogP contribution in [0.2, 0.25) is 0 Å². The van der Waals surface area contributed by atoms with Gasteiger partial charge in [-0.3, -0.25) is 4.90 Å². The van der Waals surface area contributed by atoms with E-state index in [0.717, 1.165) is 43.9 Å². The summed E-state index contributed by atoms with van der Waals surface area (Å²) in [4.78, 5) is 2.84. The number of phenols is 1. The Balaban J connectivity index is 1.49. The van der Waals surface area contributed by atoms with Crippen LogP contribution in [0.15, 0.2) is 12.1 Å². The fraction of sp³-hybridized carbons (Fsp3) is 0.708. The van der Waals surface area contributed by atoms with Crippen LogP contribution in [0.1, 0.15) is 49.7 Å². The molecule has 0 unspecified atom stereocenters. The SMILES string of the molecule is [CH2][C@@H]1C[C@@]23CC[C@]1(OC)[C@@H]1Oc4c(O)ccc5c4[C@@]12CCN(CC1CC1)[C@@H]3C5. The molecule has 4 heteroatoms. The summed E-state index contributed by atoms with van der Waals surface area (Å²) in [5.41, 5.74) is 2.62. The minimum absolute atomic E-state index is 0.0112. The Labute approximate surface area is 167 Å². The highest BCUT2D eigenvalue weighted by Crippen LogP contribution is 2.76.